The summed E-state index contributed by atoms with van der Waals surface area (Å²) in [5.74, 6) is 1.05. The number of hydrogen-bond acceptors (Lipinski definition) is 6. The van der Waals surface area contributed by atoms with E-state index in [2.05, 4.69) is 11.3 Å². The topological polar surface area (TPSA) is 79.9 Å². The van der Waals surface area contributed by atoms with E-state index in [1.165, 1.54) is 0 Å². The minimum absolute atomic E-state index is 0.00511. The summed E-state index contributed by atoms with van der Waals surface area (Å²) in [5, 5.41) is 4.38. The van der Waals surface area contributed by atoms with Gasteiger partial charge in [0.2, 0.25) is 0 Å². The molecule has 0 spiro atoms. The van der Waals surface area contributed by atoms with Crippen LogP contribution in [0, 0.1) is 0 Å². The molecular formula is C23H30N4O4. The van der Waals surface area contributed by atoms with Crippen LogP contribution in [0.25, 0.3) is 5.65 Å². The van der Waals surface area contributed by atoms with Crippen molar-refractivity contribution in [2.75, 3.05) is 26.9 Å². The van der Waals surface area contributed by atoms with Crippen molar-refractivity contribution >= 4 is 11.4 Å². The third kappa shape index (κ3) is 5.14. The van der Waals surface area contributed by atoms with Crippen LogP contribution in [0.1, 0.15) is 54.4 Å². The number of methoxy groups -OCH3 is 1. The Morgan fingerprint density at radius 3 is 2.84 bits per heavy atom. The lowest BCUT2D eigenvalue weighted by atomic mass is 9.97. The fourth-order valence-corrected chi connectivity index (χ4v) is 3.85. The number of rotatable bonds is 9. The monoisotopic (exact) mass is 426 g/mol. The second-order valence-corrected chi connectivity index (χ2v) is 8.20. The molecule has 0 unspecified atom stereocenters. The van der Waals surface area contributed by atoms with E-state index in [1.54, 1.807) is 24.1 Å². The number of ketones is 1. The van der Waals surface area contributed by atoms with Gasteiger partial charge in [0.1, 0.15) is 17.1 Å². The largest absolute Gasteiger partial charge is 0.491 e. The van der Waals surface area contributed by atoms with Crippen LogP contribution in [0.4, 0.5) is 0 Å². The fraction of sp³-hybridized carbons (Fsp3) is 0.522. The van der Waals surface area contributed by atoms with Gasteiger partial charge >= 0.3 is 0 Å². The van der Waals surface area contributed by atoms with E-state index in [9.17, 15) is 4.79 Å². The molecule has 8 nitrogen and oxygen atoms in total. The highest BCUT2D eigenvalue weighted by Gasteiger charge is 2.21. The van der Waals surface area contributed by atoms with Crippen molar-refractivity contribution in [3.8, 4) is 5.75 Å². The molecule has 1 fully saturated rings. The van der Waals surface area contributed by atoms with Crippen molar-refractivity contribution in [1.29, 1.82) is 0 Å². The van der Waals surface area contributed by atoms with Gasteiger partial charge in [0.05, 0.1) is 24.9 Å². The predicted molar refractivity (Wildman–Crippen MR) is 116 cm³/mol. The molecule has 0 atom stereocenters. The van der Waals surface area contributed by atoms with Crippen molar-refractivity contribution in [3.05, 3.63) is 47.7 Å². The van der Waals surface area contributed by atoms with Crippen LogP contribution in [0.15, 0.2) is 30.7 Å². The normalized spacial score (nSPS) is 15.1. The first-order valence-electron chi connectivity index (χ1n) is 10.8. The van der Waals surface area contributed by atoms with Crippen molar-refractivity contribution in [2.45, 2.75) is 51.7 Å². The molecule has 0 N–H and O–H groups in total. The standard InChI is InChI=1S/C23H30N4O4/c1-16(2)31-22-13-23-24-20(17-5-9-30-10-6-17)15-26(23)14-18(22)12-21(28)19-4-7-27(25-19)8-11-29-3/h4,7,13-17H,5-6,8-12H2,1-3H3. The third-order valence-electron chi connectivity index (χ3n) is 5.46. The smallest absolute Gasteiger partial charge is 0.187 e. The molecule has 3 aromatic rings. The lowest BCUT2D eigenvalue weighted by molar-refractivity contribution is 0.0846. The van der Waals surface area contributed by atoms with Crippen molar-refractivity contribution in [3.63, 3.8) is 0 Å². The molecule has 0 bridgehead atoms. The summed E-state index contributed by atoms with van der Waals surface area (Å²) in [4.78, 5) is 17.8. The van der Waals surface area contributed by atoms with Gasteiger partial charge in [0, 0.05) is 62.9 Å². The van der Waals surface area contributed by atoms with Crippen LogP contribution in [0.2, 0.25) is 0 Å². The highest BCUT2D eigenvalue weighted by molar-refractivity contribution is 5.96. The molecule has 0 saturated carbocycles. The van der Waals surface area contributed by atoms with Gasteiger partial charge in [0.15, 0.2) is 5.78 Å². The first kappa shape index (κ1) is 21.5. The molecule has 3 aromatic heterocycles. The highest BCUT2D eigenvalue weighted by atomic mass is 16.5. The number of Topliss-reactive ketones (excluding diaryl/α,β-unsaturated/α-hetero) is 1. The van der Waals surface area contributed by atoms with Crippen LogP contribution < -0.4 is 4.74 Å². The number of hydrogen-bond donors (Lipinski definition) is 0. The second kappa shape index (κ2) is 9.62. The molecule has 8 heteroatoms. The highest BCUT2D eigenvalue weighted by Crippen LogP contribution is 2.29. The van der Waals surface area contributed by atoms with Gasteiger partial charge in [-0.3, -0.25) is 9.48 Å². The van der Waals surface area contributed by atoms with Gasteiger partial charge in [0.25, 0.3) is 0 Å². The number of imidazole rings is 1. The summed E-state index contributed by atoms with van der Waals surface area (Å²) in [7, 11) is 1.64. The van der Waals surface area contributed by atoms with Crippen molar-refractivity contribution in [1.82, 2.24) is 19.2 Å². The summed E-state index contributed by atoms with van der Waals surface area (Å²) < 4.78 is 20.3. The maximum absolute atomic E-state index is 12.9. The van der Waals surface area contributed by atoms with E-state index in [-0.39, 0.29) is 18.3 Å². The fourth-order valence-electron chi connectivity index (χ4n) is 3.85. The summed E-state index contributed by atoms with van der Waals surface area (Å²) in [5.41, 5.74) is 3.17. The molecular weight excluding hydrogens is 396 g/mol. The summed E-state index contributed by atoms with van der Waals surface area (Å²) >= 11 is 0. The van der Waals surface area contributed by atoms with Gasteiger partial charge in [-0.05, 0) is 32.8 Å². The quantitative estimate of drug-likeness (QED) is 0.489. The Labute approximate surface area is 182 Å². The Morgan fingerprint density at radius 1 is 1.29 bits per heavy atom. The molecule has 0 radical (unpaired) electrons. The van der Waals surface area contributed by atoms with E-state index < -0.39 is 0 Å². The number of carbonyl (C=O) groups excluding carboxylic acids is 1. The molecule has 1 aliphatic rings. The number of carbonyl (C=O) groups is 1. The van der Waals surface area contributed by atoms with Crippen molar-refractivity contribution < 1.29 is 19.0 Å². The first-order valence-corrected chi connectivity index (χ1v) is 10.8. The van der Waals surface area contributed by atoms with Crippen LogP contribution in [0.5, 0.6) is 5.75 Å². The average molecular weight is 427 g/mol. The number of fused-ring (bicyclic) bond motifs is 1. The Kier molecular flexibility index (Phi) is 6.67. The molecule has 1 aliphatic heterocycles. The van der Waals surface area contributed by atoms with Crippen LogP contribution in [-0.4, -0.2) is 58.0 Å². The first-order chi connectivity index (χ1) is 15.0. The van der Waals surface area contributed by atoms with E-state index in [0.717, 1.165) is 43.0 Å². The molecule has 31 heavy (non-hydrogen) atoms. The zero-order valence-electron chi connectivity index (χ0n) is 18.4. The van der Waals surface area contributed by atoms with Gasteiger partial charge in [-0.2, -0.15) is 5.10 Å². The molecule has 0 amide bonds. The molecule has 0 aliphatic carbocycles. The number of ether oxygens (including phenoxy) is 3. The SMILES string of the molecule is COCCn1ccc(C(=O)Cc2cn3cc(C4CCOCC4)nc3cc2OC(C)C)n1. The number of nitrogens with zero attached hydrogens (tertiary/aromatic N) is 4. The van der Waals surface area contributed by atoms with Gasteiger partial charge in [-0.15, -0.1) is 0 Å². The Hall–Kier alpha value is -2.71. The summed E-state index contributed by atoms with van der Waals surface area (Å²) in [6.45, 7) is 6.67. The Morgan fingerprint density at radius 2 is 2.10 bits per heavy atom. The van der Waals surface area contributed by atoms with E-state index in [1.807, 2.05) is 30.5 Å². The second-order valence-electron chi connectivity index (χ2n) is 8.20. The zero-order chi connectivity index (χ0) is 21.8. The minimum Gasteiger partial charge on any atom is -0.491 e. The van der Waals surface area contributed by atoms with E-state index in [4.69, 9.17) is 19.2 Å². The lowest BCUT2D eigenvalue weighted by Gasteiger charge is -2.19. The van der Waals surface area contributed by atoms with Crippen LogP contribution in [0.3, 0.4) is 0 Å². The van der Waals surface area contributed by atoms with Crippen LogP contribution in [-0.2, 0) is 22.4 Å². The lowest BCUT2D eigenvalue weighted by Crippen LogP contribution is -2.14. The third-order valence-corrected chi connectivity index (χ3v) is 5.46. The number of aromatic nitrogens is 4. The summed E-state index contributed by atoms with van der Waals surface area (Å²) in [6.07, 6.45) is 8.00. The van der Waals surface area contributed by atoms with E-state index in [0.29, 0.717) is 30.5 Å². The predicted octanol–water partition coefficient (Wildman–Crippen LogP) is 3.28. The van der Waals surface area contributed by atoms with E-state index >= 15 is 0 Å². The molecule has 4 rings (SSSR count). The average Bonchev–Trinajstić information content (AvgIpc) is 3.39. The zero-order valence-corrected chi connectivity index (χ0v) is 18.4. The minimum atomic E-state index is -0.0473. The van der Waals surface area contributed by atoms with Gasteiger partial charge < -0.3 is 18.6 Å². The molecule has 4 heterocycles. The molecule has 166 valence electrons. The maximum Gasteiger partial charge on any atom is 0.187 e. The number of pyridine rings is 1. The molecule has 1 saturated heterocycles. The van der Waals surface area contributed by atoms with Crippen molar-refractivity contribution in [2.24, 2.45) is 0 Å². The summed E-state index contributed by atoms with van der Waals surface area (Å²) in [6, 6.07) is 3.68. The Bertz CT molecular complexity index is 1030. The Balaban J connectivity index is 1.59. The van der Waals surface area contributed by atoms with Gasteiger partial charge in [-0.1, -0.05) is 0 Å². The molecule has 0 aromatic carbocycles. The maximum atomic E-state index is 12.9. The van der Waals surface area contributed by atoms with Crippen LogP contribution >= 0.6 is 0 Å². The van der Waals surface area contributed by atoms with Gasteiger partial charge in [-0.25, -0.2) is 4.98 Å².